The van der Waals surface area contributed by atoms with Gasteiger partial charge in [-0.25, -0.2) is 9.37 Å². The molecule has 20 heavy (non-hydrogen) atoms. The average molecular weight is 289 g/mol. The highest BCUT2D eigenvalue weighted by Gasteiger charge is 2.08. The number of hydrogen-bond acceptors (Lipinski definition) is 4. The maximum atomic E-state index is 13.8. The van der Waals surface area contributed by atoms with Crippen molar-refractivity contribution in [3.63, 3.8) is 0 Å². The number of hydrogen-bond donors (Lipinski definition) is 1. The molecule has 0 aliphatic rings. The zero-order valence-corrected chi connectivity index (χ0v) is 11.6. The Kier molecular flexibility index (Phi) is 4.53. The lowest BCUT2D eigenvalue weighted by atomic mass is 10.2. The van der Waals surface area contributed by atoms with Crippen LogP contribution >= 0.6 is 11.8 Å². The number of aromatic nitrogens is 2. The zero-order valence-electron chi connectivity index (χ0n) is 10.8. The van der Waals surface area contributed by atoms with Crippen LogP contribution in [0.5, 0.6) is 0 Å². The predicted octanol–water partition coefficient (Wildman–Crippen LogP) is 2.88. The molecule has 0 amide bonds. The minimum atomic E-state index is -0.502. The Bertz CT molecular complexity index is 721. The highest BCUT2D eigenvalue weighted by atomic mass is 32.2. The molecule has 1 heterocycles. The van der Waals surface area contributed by atoms with Crippen molar-refractivity contribution in [2.75, 3.05) is 0 Å². The first-order valence-electron chi connectivity index (χ1n) is 6.10. The number of aromatic amines is 1. The van der Waals surface area contributed by atoms with Gasteiger partial charge in [-0.15, -0.1) is 0 Å². The van der Waals surface area contributed by atoms with Crippen molar-refractivity contribution in [2.45, 2.75) is 29.8 Å². The van der Waals surface area contributed by atoms with Gasteiger partial charge in [-0.3, -0.25) is 4.79 Å². The number of nitriles is 1. The summed E-state index contributed by atoms with van der Waals surface area (Å²) in [5, 5.41) is 9.04. The largest absolute Gasteiger partial charge is 0.301 e. The summed E-state index contributed by atoms with van der Waals surface area (Å²) >= 11 is 1.04. The van der Waals surface area contributed by atoms with Crippen LogP contribution < -0.4 is 5.56 Å². The van der Waals surface area contributed by atoms with Crippen molar-refractivity contribution in [1.29, 1.82) is 5.26 Å². The molecule has 0 atom stereocenters. The monoisotopic (exact) mass is 289 g/mol. The first kappa shape index (κ1) is 14.3. The summed E-state index contributed by atoms with van der Waals surface area (Å²) in [6.07, 6.45) is 1.58. The Morgan fingerprint density at radius 2 is 2.25 bits per heavy atom. The molecule has 0 aliphatic heterocycles. The number of aryl methyl sites for hydroxylation is 1. The molecule has 0 radical (unpaired) electrons. The minimum absolute atomic E-state index is 0.250. The summed E-state index contributed by atoms with van der Waals surface area (Å²) in [6.45, 7) is 2.00. The molecule has 1 N–H and O–H groups in total. The minimum Gasteiger partial charge on any atom is -0.301 e. The van der Waals surface area contributed by atoms with Gasteiger partial charge in [-0.05, 0) is 36.4 Å². The van der Waals surface area contributed by atoms with Crippen LogP contribution in [0.15, 0.2) is 39.1 Å². The van der Waals surface area contributed by atoms with E-state index in [-0.39, 0.29) is 11.1 Å². The fraction of sp³-hybridized carbons (Fsp3) is 0.214. The first-order valence-corrected chi connectivity index (χ1v) is 6.91. The highest BCUT2D eigenvalue weighted by molar-refractivity contribution is 7.99. The number of nitrogens with one attached hydrogen (secondary N) is 1. The molecule has 0 bridgehead atoms. The van der Waals surface area contributed by atoms with E-state index in [2.05, 4.69) is 9.97 Å². The third-order valence-corrected chi connectivity index (χ3v) is 3.48. The summed E-state index contributed by atoms with van der Waals surface area (Å²) < 4.78 is 13.8. The van der Waals surface area contributed by atoms with Gasteiger partial charge in [0.25, 0.3) is 5.56 Å². The number of nitrogens with zero attached hydrogens (tertiary/aromatic N) is 2. The molecule has 1 aromatic carbocycles. The van der Waals surface area contributed by atoms with Gasteiger partial charge in [0, 0.05) is 11.8 Å². The van der Waals surface area contributed by atoms with Gasteiger partial charge in [0.15, 0.2) is 5.16 Å². The average Bonchev–Trinajstić information content (AvgIpc) is 2.41. The number of benzene rings is 1. The molecule has 0 fully saturated rings. The summed E-state index contributed by atoms with van der Waals surface area (Å²) in [7, 11) is 0. The molecule has 4 nitrogen and oxygen atoms in total. The van der Waals surface area contributed by atoms with Crippen molar-refractivity contribution in [3.8, 4) is 6.07 Å². The lowest BCUT2D eigenvalue weighted by molar-refractivity contribution is 0.601. The maximum absolute atomic E-state index is 13.8. The second-order valence-corrected chi connectivity index (χ2v) is 5.18. The molecule has 0 saturated carbocycles. The molecule has 2 aromatic rings. The van der Waals surface area contributed by atoms with Crippen LogP contribution in [0.4, 0.5) is 4.39 Å². The van der Waals surface area contributed by atoms with E-state index in [1.165, 1.54) is 18.2 Å². The van der Waals surface area contributed by atoms with Crippen molar-refractivity contribution >= 4 is 11.8 Å². The summed E-state index contributed by atoms with van der Waals surface area (Å²) in [6, 6.07) is 7.51. The molecule has 6 heteroatoms. The predicted molar refractivity (Wildman–Crippen MR) is 74.1 cm³/mol. The van der Waals surface area contributed by atoms with Crippen LogP contribution in [-0.2, 0) is 6.42 Å². The number of H-pyrrole nitrogens is 1. The van der Waals surface area contributed by atoms with Gasteiger partial charge in [-0.1, -0.05) is 13.3 Å². The van der Waals surface area contributed by atoms with Gasteiger partial charge in [0.2, 0.25) is 0 Å². The van der Waals surface area contributed by atoms with Crippen LogP contribution in [-0.4, -0.2) is 9.97 Å². The van der Waals surface area contributed by atoms with E-state index in [4.69, 9.17) is 5.26 Å². The molecular weight excluding hydrogens is 277 g/mol. The van der Waals surface area contributed by atoms with E-state index in [0.29, 0.717) is 22.2 Å². The van der Waals surface area contributed by atoms with Gasteiger partial charge in [0.05, 0.1) is 16.5 Å². The van der Waals surface area contributed by atoms with Crippen LogP contribution in [0.3, 0.4) is 0 Å². The lowest BCUT2D eigenvalue weighted by Gasteiger charge is -2.04. The van der Waals surface area contributed by atoms with Gasteiger partial charge in [-0.2, -0.15) is 5.26 Å². The molecule has 0 spiro atoms. The quantitative estimate of drug-likeness (QED) is 0.879. The molecule has 0 unspecified atom stereocenters. The Labute approximate surface area is 119 Å². The SMILES string of the molecule is CCCc1cc(=O)[nH]c(Sc2ccc(C#N)cc2F)n1. The second kappa shape index (κ2) is 6.35. The normalized spacial score (nSPS) is 10.2. The fourth-order valence-corrected chi connectivity index (χ4v) is 2.49. The van der Waals surface area contributed by atoms with Crippen molar-refractivity contribution < 1.29 is 4.39 Å². The van der Waals surface area contributed by atoms with Gasteiger partial charge >= 0.3 is 0 Å². The standard InChI is InChI=1S/C14H12FN3OS/c1-2-3-10-7-13(19)18-14(17-10)20-12-5-4-9(8-16)6-11(12)15/h4-7H,2-3H2,1H3,(H,17,18,19). The molecule has 0 aliphatic carbocycles. The van der Waals surface area contributed by atoms with E-state index in [0.717, 1.165) is 24.2 Å². The first-order chi connectivity index (χ1) is 9.62. The van der Waals surface area contributed by atoms with E-state index < -0.39 is 5.82 Å². The van der Waals surface area contributed by atoms with E-state index in [1.54, 1.807) is 0 Å². The maximum Gasteiger partial charge on any atom is 0.251 e. The van der Waals surface area contributed by atoms with E-state index in [1.807, 2.05) is 13.0 Å². The van der Waals surface area contributed by atoms with Crippen molar-refractivity contribution in [3.05, 3.63) is 51.7 Å². The fourth-order valence-electron chi connectivity index (χ4n) is 1.67. The lowest BCUT2D eigenvalue weighted by Crippen LogP contribution is -2.09. The third-order valence-electron chi connectivity index (χ3n) is 2.55. The molecule has 0 saturated heterocycles. The second-order valence-electron chi connectivity index (χ2n) is 4.15. The molecule has 102 valence electrons. The number of rotatable bonds is 4. The number of halogens is 1. The Balaban J connectivity index is 2.30. The van der Waals surface area contributed by atoms with E-state index in [9.17, 15) is 9.18 Å². The summed E-state index contributed by atoms with van der Waals surface area (Å²) in [5.41, 5.74) is 0.695. The van der Waals surface area contributed by atoms with E-state index >= 15 is 0 Å². The highest BCUT2D eigenvalue weighted by Crippen LogP contribution is 2.27. The Morgan fingerprint density at radius 3 is 2.90 bits per heavy atom. The molecule has 2 rings (SSSR count). The molecule has 1 aromatic heterocycles. The Morgan fingerprint density at radius 1 is 1.45 bits per heavy atom. The smallest absolute Gasteiger partial charge is 0.251 e. The zero-order chi connectivity index (χ0) is 14.5. The third kappa shape index (κ3) is 3.45. The van der Waals surface area contributed by atoms with Crippen molar-refractivity contribution in [2.24, 2.45) is 0 Å². The van der Waals surface area contributed by atoms with Crippen LogP contribution in [0.1, 0.15) is 24.6 Å². The molecular formula is C14H12FN3OS. The summed E-state index contributed by atoms with van der Waals surface area (Å²) in [5.74, 6) is -0.502. The van der Waals surface area contributed by atoms with Crippen LogP contribution in [0.25, 0.3) is 0 Å². The van der Waals surface area contributed by atoms with Gasteiger partial charge < -0.3 is 4.98 Å². The topological polar surface area (TPSA) is 69.5 Å². The van der Waals surface area contributed by atoms with Crippen molar-refractivity contribution in [1.82, 2.24) is 9.97 Å². The van der Waals surface area contributed by atoms with Crippen LogP contribution in [0, 0.1) is 17.1 Å². The Hall–Kier alpha value is -2.13. The van der Waals surface area contributed by atoms with Gasteiger partial charge in [0.1, 0.15) is 5.82 Å². The van der Waals surface area contributed by atoms with Crippen LogP contribution in [0.2, 0.25) is 0 Å². The summed E-state index contributed by atoms with van der Waals surface area (Å²) in [4.78, 5) is 18.7.